The molecule has 0 spiro atoms. The van der Waals surface area contributed by atoms with Crippen LogP contribution in [0.4, 0.5) is 0 Å². The Kier molecular flexibility index (Phi) is 3.16. The van der Waals surface area contributed by atoms with E-state index in [-0.39, 0.29) is 5.78 Å². The van der Waals surface area contributed by atoms with E-state index in [4.69, 9.17) is 0 Å². The highest BCUT2D eigenvalue weighted by Gasteiger charge is 2.28. The minimum atomic E-state index is -0.876. The van der Waals surface area contributed by atoms with Gasteiger partial charge in [0.2, 0.25) is 5.78 Å². The number of rotatable bonds is 2. The van der Waals surface area contributed by atoms with Crippen LogP contribution < -0.4 is 0 Å². The van der Waals surface area contributed by atoms with Gasteiger partial charge in [-0.3, -0.25) is 9.59 Å². The summed E-state index contributed by atoms with van der Waals surface area (Å²) in [6.45, 7) is 1.65. The second-order valence-corrected chi connectivity index (χ2v) is 5.55. The number of benzene rings is 1. The van der Waals surface area contributed by atoms with Crippen molar-refractivity contribution in [3.63, 3.8) is 0 Å². The molecule has 0 bridgehead atoms. The summed E-state index contributed by atoms with van der Waals surface area (Å²) in [6, 6.07) is 9.52. The quantitative estimate of drug-likeness (QED) is 0.921. The molecule has 1 unspecified atom stereocenters. The van der Waals surface area contributed by atoms with Crippen LogP contribution in [0.15, 0.2) is 30.3 Å². The van der Waals surface area contributed by atoms with Crippen LogP contribution in [0.3, 0.4) is 0 Å². The number of nitrogens with zero attached hydrogens (tertiary/aromatic N) is 1. The molecule has 1 aliphatic rings. The van der Waals surface area contributed by atoms with Gasteiger partial charge in [-0.25, -0.2) is 0 Å². The zero-order valence-electron chi connectivity index (χ0n) is 12.1. The van der Waals surface area contributed by atoms with Crippen molar-refractivity contribution in [2.24, 2.45) is 7.05 Å². The number of aromatic nitrogens is 1. The van der Waals surface area contributed by atoms with Crippen LogP contribution in [-0.2, 0) is 24.7 Å². The summed E-state index contributed by atoms with van der Waals surface area (Å²) in [7, 11) is 1.78. The first-order chi connectivity index (χ1) is 10.0. The molecule has 0 amide bonds. The van der Waals surface area contributed by atoms with Crippen LogP contribution in [-0.4, -0.2) is 21.4 Å². The van der Waals surface area contributed by atoms with Crippen molar-refractivity contribution < 1.29 is 14.7 Å². The Balaban J connectivity index is 2.15. The second-order valence-electron chi connectivity index (χ2n) is 5.55. The van der Waals surface area contributed by atoms with Crippen molar-refractivity contribution in [2.45, 2.75) is 25.7 Å². The average Bonchev–Trinajstić information content (AvgIpc) is 2.72. The maximum absolute atomic E-state index is 12.8. The molecule has 0 aliphatic heterocycles. The van der Waals surface area contributed by atoms with E-state index in [2.05, 4.69) is 0 Å². The molecule has 3 rings (SSSR count). The van der Waals surface area contributed by atoms with Crippen molar-refractivity contribution in [3.8, 4) is 0 Å². The molecule has 0 radical (unpaired) electrons. The van der Waals surface area contributed by atoms with E-state index >= 15 is 0 Å². The van der Waals surface area contributed by atoms with Gasteiger partial charge in [0.1, 0.15) is 0 Å². The molecule has 1 aromatic heterocycles. The van der Waals surface area contributed by atoms with E-state index in [0.29, 0.717) is 11.4 Å². The third-order valence-electron chi connectivity index (χ3n) is 4.30. The third-order valence-corrected chi connectivity index (χ3v) is 4.30. The molecule has 0 saturated heterocycles. The average molecular weight is 283 g/mol. The lowest BCUT2D eigenvalue weighted by Crippen LogP contribution is -2.15. The van der Waals surface area contributed by atoms with Gasteiger partial charge in [-0.05, 0) is 37.0 Å². The Morgan fingerprint density at radius 2 is 1.90 bits per heavy atom. The molecule has 1 heterocycles. The van der Waals surface area contributed by atoms with Crippen LogP contribution in [0.5, 0.6) is 0 Å². The summed E-state index contributed by atoms with van der Waals surface area (Å²) >= 11 is 0. The summed E-state index contributed by atoms with van der Waals surface area (Å²) in [5, 5.41) is 9.20. The van der Waals surface area contributed by atoms with Crippen molar-refractivity contribution in [2.75, 3.05) is 0 Å². The molecule has 0 fully saturated rings. The van der Waals surface area contributed by atoms with E-state index in [0.717, 1.165) is 29.5 Å². The van der Waals surface area contributed by atoms with Crippen molar-refractivity contribution in [1.29, 1.82) is 0 Å². The molecule has 21 heavy (non-hydrogen) atoms. The maximum Gasteiger partial charge on any atom is 0.312 e. The van der Waals surface area contributed by atoms with Crippen molar-refractivity contribution in [1.82, 2.24) is 4.57 Å². The monoisotopic (exact) mass is 283 g/mol. The Bertz CT molecular complexity index is 742. The molecule has 1 atom stereocenters. The van der Waals surface area contributed by atoms with Gasteiger partial charge in [0, 0.05) is 18.3 Å². The summed E-state index contributed by atoms with van der Waals surface area (Å²) in [5.41, 5.74) is 4.04. The summed E-state index contributed by atoms with van der Waals surface area (Å²) in [5.74, 6) is -1.51. The fraction of sp³-hybridized carbons (Fsp3) is 0.294. The van der Waals surface area contributed by atoms with Gasteiger partial charge in [0.15, 0.2) is 0 Å². The number of carbonyl (C=O) groups excluding carboxylic acids is 1. The highest BCUT2D eigenvalue weighted by atomic mass is 16.4. The summed E-state index contributed by atoms with van der Waals surface area (Å²) in [6.07, 6.45) is 1.57. The Morgan fingerprint density at radius 3 is 2.62 bits per heavy atom. The van der Waals surface area contributed by atoms with Crippen molar-refractivity contribution in [3.05, 3.63) is 58.4 Å². The Morgan fingerprint density at radius 1 is 1.24 bits per heavy atom. The molecule has 0 saturated carbocycles. The number of hydrogen-bond acceptors (Lipinski definition) is 2. The number of ketones is 1. The van der Waals surface area contributed by atoms with Gasteiger partial charge in [-0.2, -0.15) is 0 Å². The summed E-state index contributed by atoms with van der Waals surface area (Å²) < 4.78 is 1.75. The van der Waals surface area contributed by atoms with Crippen LogP contribution >= 0.6 is 0 Å². The summed E-state index contributed by atoms with van der Waals surface area (Å²) in [4.78, 5) is 24.0. The topological polar surface area (TPSA) is 59.3 Å². The van der Waals surface area contributed by atoms with Gasteiger partial charge in [-0.15, -0.1) is 0 Å². The first-order valence-corrected chi connectivity index (χ1v) is 7.04. The third kappa shape index (κ3) is 2.07. The van der Waals surface area contributed by atoms with E-state index < -0.39 is 11.9 Å². The number of fused-ring (bicyclic) bond motifs is 2. The molecule has 1 N–H and O–H groups in total. The predicted molar refractivity (Wildman–Crippen MR) is 78.7 cm³/mol. The lowest BCUT2D eigenvalue weighted by Gasteiger charge is -2.11. The standard InChI is InChI=1S/C17H17NO3/c1-10(17(20)21)14-9-12-8-7-11-5-3-4-6-13(11)16(19)15(12)18(14)2/h3-6,9-10H,7-8H2,1-2H3,(H,20,21). The fourth-order valence-electron chi connectivity index (χ4n) is 3.08. The largest absolute Gasteiger partial charge is 0.481 e. The lowest BCUT2D eigenvalue weighted by atomic mass is 10.0. The van der Waals surface area contributed by atoms with Gasteiger partial charge in [-0.1, -0.05) is 24.3 Å². The molecular weight excluding hydrogens is 266 g/mol. The minimum absolute atomic E-state index is 0.00978. The number of carboxylic acids is 1. The Labute approximate surface area is 123 Å². The van der Waals surface area contributed by atoms with Crippen LogP contribution in [0.1, 0.15) is 45.7 Å². The predicted octanol–water partition coefficient (Wildman–Crippen LogP) is 2.54. The minimum Gasteiger partial charge on any atom is -0.481 e. The van der Waals surface area contributed by atoms with Crippen molar-refractivity contribution >= 4 is 11.8 Å². The smallest absolute Gasteiger partial charge is 0.312 e. The van der Waals surface area contributed by atoms with Crippen LogP contribution in [0.25, 0.3) is 0 Å². The molecule has 4 heteroatoms. The van der Waals surface area contributed by atoms with E-state index in [1.54, 1.807) is 18.5 Å². The number of hydrogen-bond donors (Lipinski definition) is 1. The first-order valence-electron chi connectivity index (χ1n) is 7.04. The molecular formula is C17H17NO3. The first kappa shape index (κ1) is 13.6. The zero-order valence-corrected chi connectivity index (χ0v) is 12.1. The molecule has 1 aliphatic carbocycles. The molecule has 4 nitrogen and oxygen atoms in total. The zero-order chi connectivity index (χ0) is 15.1. The van der Waals surface area contributed by atoms with E-state index in [1.807, 2.05) is 30.3 Å². The highest BCUT2D eigenvalue weighted by molar-refractivity contribution is 6.10. The van der Waals surface area contributed by atoms with E-state index in [9.17, 15) is 14.7 Å². The van der Waals surface area contributed by atoms with Gasteiger partial charge in [0.05, 0.1) is 11.6 Å². The van der Waals surface area contributed by atoms with Gasteiger partial charge in [0.25, 0.3) is 0 Å². The van der Waals surface area contributed by atoms with Crippen LogP contribution in [0, 0.1) is 0 Å². The van der Waals surface area contributed by atoms with E-state index in [1.165, 1.54) is 0 Å². The highest BCUT2D eigenvalue weighted by Crippen LogP contribution is 2.29. The van der Waals surface area contributed by atoms with Crippen LogP contribution in [0.2, 0.25) is 0 Å². The number of aryl methyl sites for hydroxylation is 2. The Hall–Kier alpha value is -2.36. The van der Waals surface area contributed by atoms with Gasteiger partial charge < -0.3 is 9.67 Å². The number of aliphatic carboxylic acids is 1. The molecule has 1 aromatic carbocycles. The SMILES string of the molecule is CC(C(=O)O)c1cc2c(n1C)C(=O)c1ccccc1CC2. The number of carbonyl (C=O) groups is 2. The van der Waals surface area contributed by atoms with Gasteiger partial charge >= 0.3 is 5.97 Å². The molecule has 108 valence electrons. The second kappa shape index (κ2) is 4.88. The molecule has 2 aromatic rings. The number of carboxylic acid groups (broad SMARTS) is 1. The fourth-order valence-corrected chi connectivity index (χ4v) is 3.08. The lowest BCUT2D eigenvalue weighted by molar-refractivity contribution is -0.138. The maximum atomic E-state index is 12.8. The normalized spacial score (nSPS) is 15.0.